The molecule has 2 N–H and O–H groups in total. The van der Waals surface area contributed by atoms with Crippen LogP contribution in [0.2, 0.25) is 0 Å². The number of rotatable bonds is 6. The second kappa shape index (κ2) is 8.90. The van der Waals surface area contributed by atoms with Gasteiger partial charge in [0.1, 0.15) is 13.2 Å². The van der Waals surface area contributed by atoms with Gasteiger partial charge in [-0.2, -0.15) is 0 Å². The SMILES string of the molecule is O=C(NCCN1CCOCC1)c1cncc(Nc2ccc3c(c2)OCCO3)c1. The van der Waals surface area contributed by atoms with E-state index in [9.17, 15) is 4.79 Å². The molecule has 1 amide bonds. The molecule has 0 bridgehead atoms. The van der Waals surface area contributed by atoms with Crippen LogP contribution in [0.4, 0.5) is 11.4 Å². The Morgan fingerprint density at radius 1 is 1.00 bits per heavy atom. The van der Waals surface area contributed by atoms with E-state index in [2.05, 4.69) is 20.5 Å². The molecule has 2 aliphatic rings. The molecule has 2 aliphatic heterocycles. The van der Waals surface area contributed by atoms with Gasteiger partial charge >= 0.3 is 0 Å². The van der Waals surface area contributed by atoms with E-state index in [0.717, 1.165) is 50.0 Å². The number of hydrogen-bond acceptors (Lipinski definition) is 7. The lowest BCUT2D eigenvalue weighted by atomic mass is 10.2. The van der Waals surface area contributed by atoms with Crippen molar-refractivity contribution in [2.45, 2.75) is 0 Å². The number of morpholine rings is 1. The van der Waals surface area contributed by atoms with Crippen LogP contribution >= 0.6 is 0 Å². The zero-order chi connectivity index (χ0) is 19.2. The van der Waals surface area contributed by atoms with Crippen molar-refractivity contribution in [1.82, 2.24) is 15.2 Å². The predicted molar refractivity (Wildman–Crippen MR) is 105 cm³/mol. The van der Waals surface area contributed by atoms with Gasteiger partial charge < -0.3 is 24.8 Å². The van der Waals surface area contributed by atoms with Crippen LogP contribution in [0, 0.1) is 0 Å². The molecule has 0 atom stereocenters. The Labute approximate surface area is 163 Å². The van der Waals surface area contributed by atoms with Gasteiger partial charge in [0.05, 0.1) is 30.7 Å². The largest absolute Gasteiger partial charge is 0.486 e. The van der Waals surface area contributed by atoms with E-state index in [1.165, 1.54) is 0 Å². The topological polar surface area (TPSA) is 85.0 Å². The minimum atomic E-state index is -0.133. The Balaban J connectivity index is 1.34. The zero-order valence-corrected chi connectivity index (χ0v) is 15.6. The second-order valence-corrected chi connectivity index (χ2v) is 6.66. The van der Waals surface area contributed by atoms with Crippen molar-refractivity contribution in [3.8, 4) is 11.5 Å². The van der Waals surface area contributed by atoms with Crippen LogP contribution in [0.1, 0.15) is 10.4 Å². The van der Waals surface area contributed by atoms with Gasteiger partial charge in [-0.25, -0.2) is 0 Å². The van der Waals surface area contributed by atoms with E-state index in [0.29, 0.717) is 31.1 Å². The number of amides is 1. The van der Waals surface area contributed by atoms with Crippen LogP contribution in [-0.4, -0.2) is 68.4 Å². The van der Waals surface area contributed by atoms with Crippen LogP contribution in [-0.2, 0) is 4.74 Å². The lowest BCUT2D eigenvalue weighted by molar-refractivity contribution is 0.0383. The summed E-state index contributed by atoms with van der Waals surface area (Å²) >= 11 is 0. The minimum Gasteiger partial charge on any atom is -0.486 e. The molecule has 0 saturated carbocycles. The van der Waals surface area contributed by atoms with Gasteiger partial charge in [-0.3, -0.25) is 14.7 Å². The molecular formula is C20H24N4O4. The third-order valence-electron chi connectivity index (χ3n) is 4.65. The number of carbonyl (C=O) groups is 1. The summed E-state index contributed by atoms with van der Waals surface area (Å²) in [6.45, 7) is 5.84. The number of carbonyl (C=O) groups excluding carboxylic acids is 1. The van der Waals surface area contributed by atoms with Gasteiger partial charge in [-0.05, 0) is 18.2 Å². The molecule has 4 rings (SSSR count). The number of anilines is 2. The van der Waals surface area contributed by atoms with Crippen LogP contribution in [0.15, 0.2) is 36.7 Å². The maximum Gasteiger partial charge on any atom is 0.252 e. The summed E-state index contributed by atoms with van der Waals surface area (Å²) in [5.41, 5.74) is 2.10. The third kappa shape index (κ3) is 4.71. The molecule has 2 aromatic rings. The average molecular weight is 384 g/mol. The average Bonchev–Trinajstić information content (AvgIpc) is 2.74. The molecule has 0 radical (unpaired) electrons. The second-order valence-electron chi connectivity index (χ2n) is 6.66. The van der Waals surface area contributed by atoms with Crippen molar-refractivity contribution in [3.05, 3.63) is 42.2 Å². The number of hydrogen-bond donors (Lipinski definition) is 2. The smallest absolute Gasteiger partial charge is 0.252 e. The fraction of sp³-hybridized carbons (Fsp3) is 0.400. The van der Waals surface area contributed by atoms with Crippen molar-refractivity contribution < 1.29 is 19.0 Å². The first kappa shape index (κ1) is 18.5. The van der Waals surface area contributed by atoms with E-state index >= 15 is 0 Å². The Morgan fingerprint density at radius 3 is 2.68 bits per heavy atom. The molecule has 0 spiro atoms. The van der Waals surface area contributed by atoms with E-state index in [1.54, 1.807) is 18.5 Å². The lowest BCUT2D eigenvalue weighted by Crippen LogP contribution is -2.41. The number of fused-ring (bicyclic) bond motifs is 1. The number of ether oxygens (including phenoxy) is 3. The molecule has 1 saturated heterocycles. The quantitative estimate of drug-likeness (QED) is 0.783. The van der Waals surface area contributed by atoms with E-state index in [-0.39, 0.29) is 5.91 Å². The lowest BCUT2D eigenvalue weighted by Gasteiger charge is -2.26. The highest BCUT2D eigenvalue weighted by atomic mass is 16.6. The molecule has 8 heteroatoms. The van der Waals surface area contributed by atoms with Gasteiger partial charge in [-0.15, -0.1) is 0 Å². The number of benzene rings is 1. The highest BCUT2D eigenvalue weighted by Gasteiger charge is 2.13. The fourth-order valence-electron chi connectivity index (χ4n) is 3.17. The molecule has 1 fully saturated rings. The van der Waals surface area contributed by atoms with Crippen LogP contribution in [0.3, 0.4) is 0 Å². The first-order valence-corrected chi connectivity index (χ1v) is 9.48. The van der Waals surface area contributed by atoms with Gasteiger partial charge in [-0.1, -0.05) is 0 Å². The van der Waals surface area contributed by atoms with Crippen molar-refractivity contribution in [3.63, 3.8) is 0 Å². The Morgan fingerprint density at radius 2 is 1.82 bits per heavy atom. The highest BCUT2D eigenvalue weighted by Crippen LogP contribution is 2.33. The van der Waals surface area contributed by atoms with Crippen LogP contribution in [0.5, 0.6) is 11.5 Å². The van der Waals surface area contributed by atoms with Crippen molar-refractivity contribution >= 4 is 17.3 Å². The van der Waals surface area contributed by atoms with E-state index < -0.39 is 0 Å². The van der Waals surface area contributed by atoms with E-state index in [4.69, 9.17) is 14.2 Å². The summed E-state index contributed by atoms with van der Waals surface area (Å²) in [6.07, 6.45) is 3.25. The van der Waals surface area contributed by atoms with Gasteiger partial charge in [0.25, 0.3) is 5.91 Å². The predicted octanol–water partition coefficient (Wildman–Crippen LogP) is 1.66. The Hall–Kier alpha value is -2.84. The van der Waals surface area contributed by atoms with Crippen molar-refractivity contribution in [2.75, 3.05) is 57.9 Å². The van der Waals surface area contributed by atoms with E-state index in [1.807, 2.05) is 18.2 Å². The Kier molecular flexibility index (Phi) is 5.89. The molecule has 0 aliphatic carbocycles. The first-order chi connectivity index (χ1) is 13.8. The third-order valence-corrected chi connectivity index (χ3v) is 4.65. The molecule has 1 aromatic heterocycles. The molecule has 0 unspecified atom stereocenters. The molecular weight excluding hydrogens is 360 g/mol. The fourth-order valence-corrected chi connectivity index (χ4v) is 3.17. The summed E-state index contributed by atoms with van der Waals surface area (Å²) in [7, 11) is 0. The maximum absolute atomic E-state index is 12.4. The van der Waals surface area contributed by atoms with Crippen molar-refractivity contribution in [1.29, 1.82) is 0 Å². The summed E-state index contributed by atoms with van der Waals surface area (Å²) in [4.78, 5) is 18.9. The monoisotopic (exact) mass is 384 g/mol. The molecule has 1 aromatic carbocycles. The summed E-state index contributed by atoms with van der Waals surface area (Å²) in [5.74, 6) is 1.32. The number of nitrogens with zero attached hydrogens (tertiary/aromatic N) is 2. The molecule has 8 nitrogen and oxygen atoms in total. The Bertz CT molecular complexity index is 824. The summed E-state index contributed by atoms with van der Waals surface area (Å²) in [5, 5.41) is 6.21. The van der Waals surface area contributed by atoms with Gasteiger partial charge in [0.2, 0.25) is 0 Å². The van der Waals surface area contributed by atoms with Crippen LogP contribution in [0.25, 0.3) is 0 Å². The molecule has 148 valence electrons. The summed E-state index contributed by atoms with van der Waals surface area (Å²) < 4.78 is 16.5. The minimum absolute atomic E-state index is 0.133. The number of aromatic nitrogens is 1. The number of pyridine rings is 1. The normalized spacial score (nSPS) is 16.4. The standard InChI is InChI=1S/C20H24N4O4/c25-20(22-3-4-24-5-7-26-8-6-24)15-11-17(14-21-13-15)23-16-1-2-18-19(12-16)28-10-9-27-18/h1-2,11-14,23H,3-10H2,(H,22,25). The molecule has 3 heterocycles. The maximum atomic E-state index is 12.4. The van der Waals surface area contributed by atoms with Gasteiger partial charge in [0, 0.05) is 44.1 Å². The van der Waals surface area contributed by atoms with Crippen molar-refractivity contribution in [2.24, 2.45) is 0 Å². The number of nitrogens with one attached hydrogen (secondary N) is 2. The van der Waals surface area contributed by atoms with Gasteiger partial charge in [0.15, 0.2) is 11.5 Å². The zero-order valence-electron chi connectivity index (χ0n) is 15.6. The molecule has 28 heavy (non-hydrogen) atoms. The van der Waals surface area contributed by atoms with Crippen LogP contribution < -0.4 is 20.1 Å². The first-order valence-electron chi connectivity index (χ1n) is 9.48. The highest BCUT2D eigenvalue weighted by molar-refractivity contribution is 5.94. The summed E-state index contributed by atoms with van der Waals surface area (Å²) in [6, 6.07) is 7.44.